The molecule has 76 valence electrons. The molecule has 5 nitrogen and oxygen atoms in total. The summed E-state index contributed by atoms with van der Waals surface area (Å²) in [5, 5.41) is 2.78. The first-order valence-electron chi connectivity index (χ1n) is 3.70. The summed E-state index contributed by atoms with van der Waals surface area (Å²) in [6.45, 7) is 0.585. The second-order valence-electron chi connectivity index (χ2n) is 2.73. The monoisotopic (exact) mass is 208 g/mol. The van der Waals surface area contributed by atoms with Crippen LogP contribution in [0.3, 0.4) is 0 Å². The van der Waals surface area contributed by atoms with Crippen LogP contribution in [0.25, 0.3) is 0 Å². The Balaban J connectivity index is 0.00000144. The van der Waals surface area contributed by atoms with E-state index in [1.807, 2.05) is 0 Å². The molecule has 1 saturated heterocycles. The van der Waals surface area contributed by atoms with Gasteiger partial charge in [0, 0.05) is 13.6 Å². The molecule has 0 saturated carbocycles. The Kier molecular flexibility index (Phi) is 4.72. The standard InChI is InChI=1S/C7H12N2O3.ClH/c1-9-4-5(7(11)12-2)8-3-6(9)10;/h5,8H,3-4H2,1-2H3;1H. The minimum Gasteiger partial charge on any atom is -0.468 e. The highest BCUT2D eigenvalue weighted by Crippen LogP contribution is 1.98. The van der Waals surface area contributed by atoms with Crippen molar-refractivity contribution in [3.8, 4) is 0 Å². The molecule has 1 N–H and O–H groups in total. The van der Waals surface area contributed by atoms with E-state index in [0.717, 1.165) is 0 Å². The fourth-order valence-corrected chi connectivity index (χ4v) is 1.09. The van der Waals surface area contributed by atoms with Crippen LogP contribution >= 0.6 is 12.4 Å². The molecule has 1 atom stereocenters. The lowest BCUT2D eigenvalue weighted by atomic mass is 10.2. The van der Waals surface area contributed by atoms with Gasteiger partial charge >= 0.3 is 5.97 Å². The highest BCUT2D eigenvalue weighted by molar-refractivity contribution is 5.85. The van der Waals surface area contributed by atoms with Crippen molar-refractivity contribution in [1.82, 2.24) is 10.2 Å². The summed E-state index contributed by atoms with van der Waals surface area (Å²) < 4.78 is 4.53. The van der Waals surface area contributed by atoms with E-state index in [-0.39, 0.29) is 36.9 Å². The molecule has 0 bridgehead atoms. The molecule has 1 amide bonds. The molecule has 1 unspecified atom stereocenters. The van der Waals surface area contributed by atoms with Crippen LogP contribution in [0.2, 0.25) is 0 Å². The van der Waals surface area contributed by atoms with Crippen molar-refractivity contribution in [3.05, 3.63) is 0 Å². The van der Waals surface area contributed by atoms with E-state index >= 15 is 0 Å². The van der Waals surface area contributed by atoms with E-state index < -0.39 is 0 Å². The summed E-state index contributed by atoms with van der Waals surface area (Å²) >= 11 is 0. The minimum absolute atomic E-state index is 0. The second kappa shape index (κ2) is 5.04. The number of ether oxygens (including phenoxy) is 1. The zero-order valence-corrected chi connectivity index (χ0v) is 8.39. The van der Waals surface area contributed by atoms with Gasteiger partial charge in [-0.05, 0) is 0 Å². The van der Waals surface area contributed by atoms with Gasteiger partial charge in [-0.25, -0.2) is 0 Å². The molecule has 1 aliphatic heterocycles. The van der Waals surface area contributed by atoms with Gasteiger partial charge in [0.15, 0.2) is 0 Å². The van der Waals surface area contributed by atoms with Crippen molar-refractivity contribution in [2.45, 2.75) is 6.04 Å². The van der Waals surface area contributed by atoms with Gasteiger partial charge in [-0.15, -0.1) is 12.4 Å². The Morgan fingerprint density at radius 2 is 2.31 bits per heavy atom. The smallest absolute Gasteiger partial charge is 0.324 e. The fraction of sp³-hybridized carbons (Fsp3) is 0.714. The highest BCUT2D eigenvalue weighted by Gasteiger charge is 2.27. The molecule has 0 aromatic carbocycles. The summed E-state index contributed by atoms with van der Waals surface area (Å²) in [6, 6.07) is -0.377. The zero-order valence-electron chi connectivity index (χ0n) is 7.57. The third-order valence-corrected chi connectivity index (χ3v) is 1.87. The van der Waals surface area contributed by atoms with Crippen LogP contribution in [0, 0.1) is 0 Å². The Morgan fingerprint density at radius 3 is 2.77 bits per heavy atom. The average Bonchev–Trinajstić information content (AvgIpc) is 2.08. The van der Waals surface area contributed by atoms with Crippen LogP contribution in [0.1, 0.15) is 0 Å². The van der Waals surface area contributed by atoms with Crippen molar-refractivity contribution >= 4 is 24.3 Å². The van der Waals surface area contributed by atoms with Gasteiger partial charge in [0.1, 0.15) is 6.04 Å². The number of nitrogens with one attached hydrogen (secondary N) is 1. The minimum atomic E-state index is -0.377. The van der Waals surface area contributed by atoms with Crippen LogP contribution in [-0.4, -0.2) is 50.1 Å². The molecule has 1 fully saturated rings. The number of carbonyl (C=O) groups excluding carboxylic acids is 2. The number of halogens is 1. The number of hydrogen-bond acceptors (Lipinski definition) is 4. The largest absolute Gasteiger partial charge is 0.468 e. The molecule has 0 spiro atoms. The van der Waals surface area contributed by atoms with Crippen molar-refractivity contribution in [2.24, 2.45) is 0 Å². The first kappa shape index (κ1) is 12.2. The van der Waals surface area contributed by atoms with E-state index in [1.165, 1.54) is 12.0 Å². The Bertz CT molecular complexity index is 210. The number of likely N-dealkylation sites (N-methyl/N-ethyl adjacent to an activating group) is 1. The molecular weight excluding hydrogens is 196 g/mol. The van der Waals surface area contributed by atoms with E-state index in [0.29, 0.717) is 6.54 Å². The van der Waals surface area contributed by atoms with Gasteiger partial charge in [-0.2, -0.15) is 0 Å². The summed E-state index contributed by atoms with van der Waals surface area (Å²) in [5.41, 5.74) is 0. The van der Waals surface area contributed by atoms with Crippen LogP contribution in [0.5, 0.6) is 0 Å². The van der Waals surface area contributed by atoms with E-state index in [4.69, 9.17) is 0 Å². The van der Waals surface area contributed by atoms with Gasteiger partial charge in [0.2, 0.25) is 5.91 Å². The maximum absolute atomic E-state index is 11.0. The number of amides is 1. The topological polar surface area (TPSA) is 58.6 Å². The lowest BCUT2D eigenvalue weighted by Crippen LogP contribution is -2.55. The van der Waals surface area contributed by atoms with Gasteiger partial charge in [-0.3, -0.25) is 14.9 Å². The van der Waals surface area contributed by atoms with Gasteiger partial charge in [0.05, 0.1) is 13.7 Å². The quantitative estimate of drug-likeness (QED) is 0.563. The number of rotatable bonds is 1. The van der Waals surface area contributed by atoms with E-state index in [2.05, 4.69) is 10.1 Å². The predicted molar refractivity (Wildman–Crippen MR) is 48.7 cm³/mol. The van der Waals surface area contributed by atoms with E-state index in [1.54, 1.807) is 7.05 Å². The first-order chi connectivity index (χ1) is 5.65. The van der Waals surface area contributed by atoms with Gasteiger partial charge in [0.25, 0.3) is 0 Å². The average molecular weight is 209 g/mol. The third-order valence-electron chi connectivity index (χ3n) is 1.87. The van der Waals surface area contributed by atoms with Crippen LogP contribution < -0.4 is 5.32 Å². The number of esters is 1. The first-order valence-corrected chi connectivity index (χ1v) is 3.70. The maximum Gasteiger partial charge on any atom is 0.324 e. The van der Waals surface area contributed by atoms with Gasteiger partial charge in [-0.1, -0.05) is 0 Å². The van der Waals surface area contributed by atoms with Crippen molar-refractivity contribution in [2.75, 3.05) is 27.2 Å². The molecular formula is C7H13ClN2O3. The molecule has 1 aliphatic rings. The van der Waals surface area contributed by atoms with Crippen LogP contribution in [0.4, 0.5) is 0 Å². The molecule has 0 aromatic rings. The summed E-state index contributed by atoms with van der Waals surface area (Å²) in [7, 11) is 3.00. The number of piperazine rings is 1. The number of hydrogen-bond donors (Lipinski definition) is 1. The fourth-order valence-electron chi connectivity index (χ4n) is 1.09. The van der Waals surface area contributed by atoms with Crippen molar-refractivity contribution in [3.63, 3.8) is 0 Å². The molecule has 0 radical (unpaired) electrons. The predicted octanol–water partition coefficient (Wildman–Crippen LogP) is -0.989. The second-order valence-corrected chi connectivity index (χ2v) is 2.73. The summed E-state index contributed by atoms with van der Waals surface area (Å²) in [5.74, 6) is -0.329. The zero-order chi connectivity index (χ0) is 9.14. The molecule has 1 heterocycles. The molecule has 13 heavy (non-hydrogen) atoms. The highest BCUT2D eigenvalue weighted by atomic mass is 35.5. The lowest BCUT2D eigenvalue weighted by molar-refractivity contribution is -0.146. The molecule has 0 aromatic heterocycles. The van der Waals surface area contributed by atoms with Crippen molar-refractivity contribution < 1.29 is 14.3 Å². The van der Waals surface area contributed by atoms with Crippen LogP contribution in [-0.2, 0) is 14.3 Å². The third kappa shape index (κ3) is 2.86. The summed E-state index contributed by atoms with van der Waals surface area (Å²) in [4.78, 5) is 23.5. The lowest BCUT2D eigenvalue weighted by Gasteiger charge is -2.28. The molecule has 6 heteroatoms. The normalized spacial score (nSPS) is 22.2. The van der Waals surface area contributed by atoms with Crippen molar-refractivity contribution in [1.29, 1.82) is 0 Å². The molecule has 0 aliphatic carbocycles. The number of methoxy groups -OCH3 is 1. The number of carbonyl (C=O) groups is 2. The number of nitrogens with zero attached hydrogens (tertiary/aromatic N) is 1. The maximum atomic E-state index is 11.0. The molecule has 1 rings (SSSR count). The SMILES string of the molecule is COC(=O)C1CN(C)C(=O)CN1.Cl. The van der Waals surface area contributed by atoms with Crippen LogP contribution in [0.15, 0.2) is 0 Å². The van der Waals surface area contributed by atoms with Gasteiger partial charge < -0.3 is 9.64 Å². The Labute approximate surface area is 82.8 Å². The Morgan fingerprint density at radius 1 is 1.69 bits per heavy atom. The Hall–Kier alpha value is -0.810. The summed E-state index contributed by atoms with van der Waals surface area (Å²) in [6.07, 6.45) is 0. The van der Waals surface area contributed by atoms with E-state index in [9.17, 15) is 9.59 Å².